The molecule has 5 heteroatoms. The average Bonchev–Trinajstić information content (AvgIpc) is 2.92. The molecule has 0 fully saturated rings. The Hall–Kier alpha value is -4.64. The highest BCUT2D eigenvalue weighted by molar-refractivity contribution is 6.06. The fraction of sp³-hybridized carbons (Fsp3) is 0.0938. The van der Waals surface area contributed by atoms with Gasteiger partial charge in [-0.15, -0.1) is 0 Å². The highest BCUT2D eigenvalue weighted by atomic mass is 19.1. The van der Waals surface area contributed by atoms with E-state index in [4.69, 9.17) is 14.2 Å². The van der Waals surface area contributed by atoms with Crippen LogP contribution in [-0.4, -0.2) is 19.0 Å². The van der Waals surface area contributed by atoms with Crippen LogP contribution in [0.15, 0.2) is 110 Å². The standard InChI is InChI=1S/C32H27FO4/c1-23(2)25-8-14-30(15-9-25)37-31-18-16-29(17-19-31)36-22-21-35-28-12-3-24(4-13-28)5-20-32(34)26-6-10-27(33)11-7-26/h3-20H,1,21-22H2,2H3/b20-5+. The van der Waals surface area contributed by atoms with Crippen LogP contribution in [0, 0.1) is 5.82 Å². The summed E-state index contributed by atoms with van der Waals surface area (Å²) in [5.74, 6) is 2.35. The second-order valence-corrected chi connectivity index (χ2v) is 8.35. The third-order valence-electron chi connectivity index (χ3n) is 5.46. The maximum Gasteiger partial charge on any atom is 0.185 e. The lowest BCUT2D eigenvalue weighted by Gasteiger charge is -2.10. The number of carbonyl (C=O) groups excluding carboxylic acids is 1. The first-order valence-corrected chi connectivity index (χ1v) is 11.8. The van der Waals surface area contributed by atoms with Gasteiger partial charge >= 0.3 is 0 Å². The number of ether oxygens (including phenoxy) is 3. The molecule has 0 unspecified atom stereocenters. The Morgan fingerprint density at radius 1 is 0.703 bits per heavy atom. The molecule has 4 aromatic rings. The molecule has 4 rings (SSSR count). The Balaban J connectivity index is 1.19. The van der Waals surface area contributed by atoms with Gasteiger partial charge in [0.1, 0.15) is 42.0 Å². The molecule has 0 saturated heterocycles. The highest BCUT2D eigenvalue weighted by Crippen LogP contribution is 2.25. The summed E-state index contributed by atoms with van der Waals surface area (Å²) in [5, 5.41) is 0. The zero-order valence-electron chi connectivity index (χ0n) is 20.5. The van der Waals surface area contributed by atoms with E-state index in [1.807, 2.05) is 79.7 Å². The van der Waals surface area contributed by atoms with E-state index in [1.54, 1.807) is 6.08 Å². The molecule has 37 heavy (non-hydrogen) atoms. The zero-order chi connectivity index (χ0) is 26.0. The minimum absolute atomic E-state index is 0.186. The fourth-order valence-electron chi connectivity index (χ4n) is 3.42. The third kappa shape index (κ3) is 7.67. The van der Waals surface area contributed by atoms with Gasteiger partial charge in [0.25, 0.3) is 0 Å². The van der Waals surface area contributed by atoms with E-state index in [0.29, 0.717) is 24.5 Å². The van der Waals surface area contributed by atoms with Crippen LogP contribution < -0.4 is 14.2 Å². The molecular formula is C32H27FO4. The molecule has 186 valence electrons. The highest BCUT2D eigenvalue weighted by Gasteiger charge is 2.03. The molecule has 0 amide bonds. The molecule has 4 nitrogen and oxygen atoms in total. The molecule has 0 N–H and O–H groups in total. The maximum absolute atomic E-state index is 13.0. The van der Waals surface area contributed by atoms with Crippen molar-refractivity contribution in [2.45, 2.75) is 6.92 Å². The number of rotatable bonds is 11. The van der Waals surface area contributed by atoms with Crippen LogP contribution in [0.3, 0.4) is 0 Å². The summed E-state index contributed by atoms with van der Waals surface area (Å²) in [6.07, 6.45) is 3.18. The number of carbonyl (C=O) groups is 1. The topological polar surface area (TPSA) is 44.8 Å². The van der Waals surface area contributed by atoms with Gasteiger partial charge in [-0.25, -0.2) is 4.39 Å². The molecule has 0 aliphatic heterocycles. The minimum atomic E-state index is -0.370. The minimum Gasteiger partial charge on any atom is -0.490 e. The summed E-state index contributed by atoms with van der Waals surface area (Å²) >= 11 is 0. The maximum atomic E-state index is 13.0. The molecule has 4 aromatic carbocycles. The second kappa shape index (κ2) is 12.4. The third-order valence-corrected chi connectivity index (χ3v) is 5.46. The first-order valence-electron chi connectivity index (χ1n) is 11.8. The number of allylic oxidation sites excluding steroid dienone is 2. The van der Waals surface area contributed by atoms with Crippen molar-refractivity contribution in [3.63, 3.8) is 0 Å². The van der Waals surface area contributed by atoms with Gasteiger partial charge in [-0.05, 0) is 96.9 Å². The van der Waals surface area contributed by atoms with Gasteiger partial charge < -0.3 is 14.2 Å². The predicted octanol–water partition coefficient (Wildman–Crippen LogP) is 8.01. The lowest BCUT2D eigenvalue weighted by atomic mass is 10.1. The summed E-state index contributed by atoms with van der Waals surface area (Å²) in [5.41, 5.74) is 3.39. The van der Waals surface area contributed by atoms with Gasteiger partial charge in [-0.2, -0.15) is 0 Å². The van der Waals surface area contributed by atoms with Crippen molar-refractivity contribution >= 4 is 17.4 Å². The van der Waals surface area contributed by atoms with Crippen molar-refractivity contribution in [1.82, 2.24) is 0 Å². The first-order chi connectivity index (χ1) is 18.0. The van der Waals surface area contributed by atoms with Crippen molar-refractivity contribution in [3.8, 4) is 23.0 Å². The normalized spacial score (nSPS) is 10.8. The van der Waals surface area contributed by atoms with Gasteiger partial charge in [0.05, 0.1) is 0 Å². The van der Waals surface area contributed by atoms with Crippen molar-refractivity contribution in [2.75, 3.05) is 13.2 Å². The number of benzene rings is 4. The smallest absolute Gasteiger partial charge is 0.185 e. The Bertz CT molecular complexity index is 1350. The number of hydrogen-bond donors (Lipinski definition) is 0. The molecule has 0 spiro atoms. The first kappa shape index (κ1) is 25.5. The zero-order valence-corrected chi connectivity index (χ0v) is 20.5. The van der Waals surface area contributed by atoms with Crippen LogP contribution in [0.2, 0.25) is 0 Å². The van der Waals surface area contributed by atoms with Crippen molar-refractivity contribution in [3.05, 3.63) is 132 Å². The van der Waals surface area contributed by atoms with E-state index < -0.39 is 0 Å². The lowest BCUT2D eigenvalue weighted by molar-refractivity contribution is 0.104. The molecule has 0 aliphatic carbocycles. The van der Waals surface area contributed by atoms with Crippen LogP contribution >= 0.6 is 0 Å². The Kier molecular flexibility index (Phi) is 8.50. The van der Waals surface area contributed by atoms with E-state index in [-0.39, 0.29) is 11.6 Å². The Labute approximate surface area is 216 Å². The quantitative estimate of drug-likeness (QED) is 0.120. The summed E-state index contributed by atoms with van der Waals surface area (Å²) in [6, 6.07) is 28.1. The van der Waals surface area contributed by atoms with Gasteiger partial charge in [0, 0.05) is 5.56 Å². The van der Waals surface area contributed by atoms with Gasteiger partial charge in [0.15, 0.2) is 5.78 Å². The predicted molar refractivity (Wildman–Crippen MR) is 145 cm³/mol. The largest absolute Gasteiger partial charge is 0.490 e. The molecular weight excluding hydrogens is 467 g/mol. The lowest BCUT2D eigenvalue weighted by Crippen LogP contribution is -2.08. The molecule has 0 bridgehead atoms. The van der Waals surface area contributed by atoms with Gasteiger partial charge in [0.2, 0.25) is 0 Å². The summed E-state index contributed by atoms with van der Waals surface area (Å²) in [6.45, 7) is 6.67. The van der Waals surface area contributed by atoms with Crippen molar-refractivity contribution in [2.24, 2.45) is 0 Å². The summed E-state index contributed by atoms with van der Waals surface area (Å²) in [7, 11) is 0. The second-order valence-electron chi connectivity index (χ2n) is 8.35. The molecule has 0 atom stereocenters. The Morgan fingerprint density at radius 2 is 1.16 bits per heavy atom. The van der Waals surface area contributed by atoms with E-state index in [2.05, 4.69) is 6.58 Å². The number of halogens is 1. The van der Waals surface area contributed by atoms with E-state index >= 15 is 0 Å². The van der Waals surface area contributed by atoms with Crippen LogP contribution in [-0.2, 0) is 0 Å². The van der Waals surface area contributed by atoms with E-state index in [1.165, 1.54) is 30.3 Å². The van der Waals surface area contributed by atoms with E-state index in [9.17, 15) is 9.18 Å². The molecule has 0 radical (unpaired) electrons. The van der Waals surface area contributed by atoms with Crippen molar-refractivity contribution in [1.29, 1.82) is 0 Å². The molecule has 0 aliphatic rings. The fourth-order valence-corrected chi connectivity index (χ4v) is 3.42. The van der Waals surface area contributed by atoms with Crippen LogP contribution in [0.1, 0.15) is 28.4 Å². The van der Waals surface area contributed by atoms with Crippen LogP contribution in [0.5, 0.6) is 23.0 Å². The molecule has 0 saturated carbocycles. The monoisotopic (exact) mass is 494 g/mol. The Morgan fingerprint density at radius 3 is 1.70 bits per heavy atom. The summed E-state index contributed by atoms with van der Waals surface area (Å²) in [4.78, 5) is 12.2. The SMILES string of the molecule is C=C(C)c1ccc(Oc2ccc(OCCOc3ccc(/C=C/C(=O)c4ccc(F)cc4)cc3)cc2)cc1. The molecule has 0 aromatic heterocycles. The van der Waals surface area contributed by atoms with Crippen molar-refractivity contribution < 1.29 is 23.4 Å². The number of hydrogen-bond acceptors (Lipinski definition) is 4. The van der Waals surface area contributed by atoms with E-state index in [0.717, 1.165) is 33.9 Å². The summed E-state index contributed by atoms with van der Waals surface area (Å²) < 4.78 is 30.3. The van der Waals surface area contributed by atoms with Gasteiger partial charge in [-0.3, -0.25) is 4.79 Å². The number of ketones is 1. The average molecular weight is 495 g/mol. The van der Waals surface area contributed by atoms with Crippen LogP contribution in [0.4, 0.5) is 4.39 Å². The van der Waals surface area contributed by atoms with Gasteiger partial charge in [-0.1, -0.05) is 42.5 Å². The molecule has 0 heterocycles. The van der Waals surface area contributed by atoms with Crippen LogP contribution in [0.25, 0.3) is 11.6 Å².